The molecule has 16 heteroatoms. The molecule has 0 radical (unpaired) electrons. The number of thiophene rings is 1. The van der Waals surface area contributed by atoms with E-state index >= 15 is 0 Å². The van der Waals surface area contributed by atoms with Crippen LogP contribution in [-0.2, 0) is 29.8 Å². The van der Waals surface area contributed by atoms with E-state index in [4.69, 9.17) is 14.0 Å². The molecular formula is C42H55FN5O8PS. The van der Waals surface area contributed by atoms with Crippen LogP contribution >= 0.6 is 18.9 Å². The first kappa shape index (κ1) is 46.0. The smallest absolute Gasteiger partial charge is 0.323 e. The van der Waals surface area contributed by atoms with Crippen LogP contribution in [0.3, 0.4) is 0 Å². The molecule has 13 nitrogen and oxygen atoms in total. The van der Waals surface area contributed by atoms with Crippen molar-refractivity contribution in [3.63, 3.8) is 0 Å². The van der Waals surface area contributed by atoms with Crippen molar-refractivity contribution in [1.29, 1.82) is 0 Å². The molecule has 5 heterocycles. The summed E-state index contributed by atoms with van der Waals surface area (Å²) in [4.78, 5) is 53.0. The monoisotopic (exact) mass is 839 g/mol. The first-order valence-electron chi connectivity index (χ1n) is 19.6. The van der Waals surface area contributed by atoms with Crippen LogP contribution in [0.25, 0.3) is 10.1 Å². The number of aldehydes is 1. The maximum Gasteiger partial charge on any atom is 0.323 e. The van der Waals surface area contributed by atoms with Crippen LogP contribution in [0.5, 0.6) is 11.5 Å². The van der Waals surface area contributed by atoms with E-state index < -0.39 is 25.5 Å². The van der Waals surface area contributed by atoms with E-state index in [-0.39, 0.29) is 12.1 Å². The molecule has 3 N–H and O–H groups in total. The average molecular weight is 840 g/mol. The van der Waals surface area contributed by atoms with Crippen molar-refractivity contribution >= 4 is 53.5 Å². The van der Waals surface area contributed by atoms with Gasteiger partial charge in [0.15, 0.2) is 6.29 Å². The Morgan fingerprint density at radius 3 is 2.52 bits per heavy atom. The maximum absolute atomic E-state index is 13.7. The van der Waals surface area contributed by atoms with Gasteiger partial charge < -0.3 is 29.5 Å². The summed E-state index contributed by atoms with van der Waals surface area (Å²) in [7, 11) is -0.506. The molecule has 2 aromatic carbocycles. The normalized spacial score (nSPS) is 17.6. The van der Waals surface area contributed by atoms with Gasteiger partial charge in [-0.25, -0.2) is 10.1 Å². The van der Waals surface area contributed by atoms with Crippen molar-refractivity contribution in [2.75, 3.05) is 40.4 Å². The number of nitrogens with zero attached hydrogens (tertiary/aromatic N) is 3. The summed E-state index contributed by atoms with van der Waals surface area (Å²) in [5, 5.41) is 3.77. The number of benzene rings is 2. The molecule has 2 amide bonds. The molecule has 0 aliphatic carbocycles. The van der Waals surface area contributed by atoms with E-state index in [1.54, 1.807) is 48.2 Å². The van der Waals surface area contributed by atoms with Crippen LogP contribution in [0.1, 0.15) is 85.5 Å². The number of fused-ring (bicyclic) bond motifs is 2. The highest BCUT2D eigenvalue weighted by atomic mass is 32.1. The van der Waals surface area contributed by atoms with E-state index in [0.717, 1.165) is 47.7 Å². The van der Waals surface area contributed by atoms with Crippen molar-refractivity contribution in [2.24, 2.45) is 5.73 Å². The Labute approximate surface area is 343 Å². The molecule has 0 saturated carbocycles. The summed E-state index contributed by atoms with van der Waals surface area (Å²) in [5.41, 5.74) is 5.75. The van der Waals surface area contributed by atoms with E-state index in [2.05, 4.69) is 20.7 Å². The van der Waals surface area contributed by atoms with Gasteiger partial charge in [-0.2, -0.15) is 4.39 Å². The van der Waals surface area contributed by atoms with E-state index in [9.17, 15) is 28.1 Å². The maximum atomic E-state index is 13.7. The molecule has 3 aliphatic rings. The number of ether oxygens (including phenoxy) is 2. The Hall–Kier alpha value is -4.69. The number of hydrogen-bond acceptors (Lipinski definition) is 11. The lowest BCUT2D eigenvalue weighted by molar-refractivity contribution is -0.145. The Kier molecular flexibility index (Phi) is 18.3. The highest BCUT2D eigenvalue weighted by molar-refractivity contribution is 7.56. The lowest BCUT2D eigenvalue weighted by Gasteiger charge is -2.36. The number of nitrogens with two attached hydrogens (primary N) is 1. The van der Waals surface area contributed by atoms with Gasteiger partial charge in [-0.15, -0.1) is 11.3 Å². The fourth-order valence-corrected chi connectivity index (χ4v) is 9.87. The minimum atomic E-state index is -3.50. The number of nitrogens with one attached hydrogen (secondary N) is 1. The second-order valence-corrected chi connectivity index (χ2v) is 17.2. The second kappa shape index (κ2) is 23.0. The largest absolute Gasteiger partial charge is 0.496 e. The van der Waals surface area contributed by atoms with Crippen molar-refractivity contribution in [3.05, 3.63) is 88.8 Å². The number of esters is 1. The van der Waals surface area contributed by atoms with Gasteiger partial charge in [0.25, 0.3) is 0 Å². The zero-order valence-corrected chi connectivity index (χ0v) is 35.4. The minimum Gasteiger partial charge on any atom is -0.496 e. The molecule has 7 rings (SSSR count). The number of rotatable bonds is 13. The molecule has 3 saturated heterocycles. The Morgan fingerprint density at radius 1 is 1.09 bits per heavy atom. The number of methoxy groups -OCH3 is 1. The number of amides is 2. The average Bonchev–Trinajstić information content (AvgIpc) is 3.83. The summed E-state index contributed by atoms with van der Waals surface area (Å²) in [5.74, 6) is 0.367. The van der Waals surface area contributed by atoms with Crippen LogP contribution in [0.15, 0.2) is 66.9 Å². The number of likely N-dealkylation sites (tertiary alicyclic amines) is 1. The Bertz CT molecular complexity index is 2000. The fourth-order valence-electron chi connectivity index (χ4n) is 6.97. The summed E-state index contributed by atoms with van der Waals surface area (Å²) in [6, 6.07) is 17.7. The third-order valence-corrected chi connectivity index (χ3v) is 12.9. The molecule has 58 heavy (non-hydrogen) atoms. The van der Waals surface area contributed by atoms with Gasteiger partial charge in [0, 0.05) is 48.9 Å². The lowest BCUT2D eigenvalue weighted by Crippen LogP contribution is -2.44. The highest BCUT2D eigenvalue weighted by Gasteiger charge is 2.33. The standard InChI is InChI=1S/C22H24NO5PS.C10H11FN2O2.C9H15NO.CH5N/c1-3-11-27-22(25)16(2)23-29(26,28-19-7-5-4-6-8-19)15-17-9-10-21-18(12-17)13-20(14-24)30-21;1-15-8-2-3-12-10(11)9(8)7-4-13(5-7)6-14;11-9-6-2-1-4-8-5-3-7-10(8)9;1-2/h4-10,12-14,16H,3,11,15H2,1-2H3,(H,23,26);2-3,6-7H,4-5H2,1H3;8H,1-7H2;2H2,1H3. The van der Waals surface area contributed by atoms with E-state index in [1.807, 2.05) is 31.2 Å². The zero-order valence-electron chi connectivity index (χ0n) is 33.6. The molecule has 3 atom stereocenters. The predicted molar refractivity (Wildman–Crippen MR) is 224 cm³/mol. The van der Waals surface area contributed by atoms with Crippen LogP contribution in [0, 0.1) is 5.95 Å². The van der Waals surface area contributed by atoms with Gasteiger partial charge in [-0.1, -0.05) is 37.6 Å². The molecule has 3 unspecified atom stereocenters. The SMILES string of the molecule is CCCOC(=O)C(C)NP(=O)(Cc1ccc2sc(C=O)cc2c1)Oc1ccccc1.CN.COc1ccnc(F)c1C1CN(C=O)C1.O=C1CCCCC2CCCN12. The minimum absolute atomic E-state index is 0.00106. The number of para-hydroxylation sites is 1. The fraction of sp³-hybridized carbons (Fsp3) is 0.452. The molecule has 0 bridgehead atoms. The van der Waals surface area contributed by atoms with Crippen LogP contribution in [-0.4, -0.2) is 91.8 Å². The number of pyridine rings is 1. The molecular weight excluding hydrogens is 785 g/mol. The summed E-state index contributed by atoms with van der Waals surface area (Å²) in [6.07, 6.45) is 10.7. The Balaban J connectivity index is 0.000000218. The summed E-state index contributed by atoms with van der Waals surface area (Å²) >= 11 is 1.40. The van der Waals surface area contributed by atoms with Crippen LogP contribution in [0.2, 0.25) is 0 Å². The zero-order chi connectivity index (χ0) is 42.1. The van der Waals surface area contributed by atoms with Crippen molar-refractivity contribution in [1.82, 2.24) is 19.9 Å². The molecule has 314 valence electrons. The van der Waals surface area contributed by atoms with Gasteiger partial charge in [0.1, 0.15) is 17.5 Å². The van der Waals surface area contributed by atoms with Gasteiger partial charge in [-0.05, 0) is 93.4 Å². The van der Waals surface area contributed by atoms with Gasteiger partial charge >= 0.3 is 13.5 Å². The summed E-state index contributed by atoms with van der Waals surface area (Å²) < 4.78 is 44.2. The molecule has 0 spiro atoms. The first-order chi connectivity index (χ1) is 28.1. The van der Waals surface area contributed by atoms with Gasteiger partial charge in [0.05, 0.1) is 30.3 Å². The van der Waals surface area contributed by atoms with Crippen LogP contribution in [0.4, 0.5) is 4.39 Å². The Morgan fingerprint density at radius 2 is 1.83 bits per heavy atom. The number of carbonyl (C=O) groups is 4. The lowest BCUT2D eigenvalue weighted by atomic mass is 9.92. The quantitative estimate of drug-likeness (QED) is 0.0598. The third kappa shape index (κ3) is 12.9. The van der Waals surface area contributed by atoms with Crippen molar-refractivity contribution < 1.29 is 42.1 Å². The molecule has 3 aliphatic heterocycles. The predicted octanol–water partition coefficient (Wildman–Crippen LogP) is 7.33. The third-order valence-electron chi connectivity index (χ3n) is 9.76. The van der Waals surface area contributed by atoms with Crippen molar-refractivity contribution in [3.8, 4) is 11.5 Å². The van der Waals surface area contributed by atoms with Crippen molar-refractivity contribution in [2.45, 2.75) is 83.0 Å². The van der Waals surface area contributed by atoms with Gasteiger partial charge in [0.2, 0.25) is 18.3 Å². The molecule has 3 fully saturated rings. The highest BCUT2D eigenvalue weighted by Crippen LogP contribution is 2.47. The molecule has 2 aromatic heterocycles. The number of aromatic nitrogens is 1. The number of hydrogen-bond donors (Lipinski definition) is 2. The first-order valence-corrected chi connectivity index (χ1v) is 22.2. The topological polar surface area (TPSA) is 170 Å². The van der Waals surface area contributed by atoms with Gasteiger partial charge in [-0.3, -0.25) is 23.7 Å². The van der Waals surface area contributed by atoms with E-state index in [0.29, 0.717) is 60.0 Å². The summed E-state index contributed by atoms with van der Waals surface area (Å²) in [6.45, 7) is 5.92. The number of halogens is 1. The molecule has 4 aromatic rings. The van der Waals surface area contributed by atoms with E-state index in [1.165, 1.54) is 57.4 Å². The second-order valence-electron chi connectivity index (χ2n) is 14.0. The van der Waals surface area contributed by atoms with Crippen LogP contribution < -0.4 is 20.1 Å². The number of carbonyl (C=O) groups excluding carboxylic acids is 4.